The fourth-order valence-corrected chi connectivity index (χ4v) is 2.60. The van der Waals surface area contributed by atoms with Crippen molar-refractivity contribution < 1.29 is 0 Å². The zero-order chi connectivity index (χ0) is 9.71. The van der Waals surface area contributed by atoms with Gasteiger partial charge < -0.3 is 0 Å². The van der Waals surface area contributed by atoms with Crippen molar-refractivity contribution in [1.82, 2.24) is 4.98 Å². The van der Waals surface area contributed by atoms with Gasteiger partial charge in [-0.3, -0.25) is 4.98 Å². The Morgan fingerprint density at radius 1 is 1.21 bits per heavy atom. The number of fused-ring (bicyclic) bond motifs is 1. The second-order valence-corrected chi connectivity index (χ2v) is 4.95. The van der Waals surface area contributed by atoms with Crippen molar-refractivity contribution in [2.75, 3.05) is 0 Å². The van der Waals surface area contributed by atoms with Gasteiger partial charge in [0.25, 0.3) is 0 Å². The molecule has 1 fully saturated rings. The summed E-state index contributed by atoms with van der Waals surface area (Å²) in [5, 5.41) is 0. The maximum atomic E-state index is 4.90. The first-order valence-corrected chi connectivity index (χ1v) is 5.76. The molecular weight excluding hydrogens is 170 g/mol. The molecule has 14 heavy (non-hydrogen) atoms. The molecule has 0 bridgehead atoms. The molecule has 1 atom stereocenters. The zero-order valence-corrected chi connectivity index (χ0v) is 9.01. The number of hydrogen-bond donors (Lipinski definition) is 0. The Morgan fingerprint density at radius 3 is 2.71 bits per heavy atom. The summed E-state index contributed by atoms with van der Waals surface area (Å²) in [5.41, 5.74) is 5.75. The van der Waals surface area contributed by atoms with Gasteiger partial charge in [-0.1, -0.05) is 13.0 Å². The Hall–Kier alpha value is -0.850. The van der Waals surface area contributed by atoms with Crippen LogP contribution < -0.4 is 0 Å². The normalized spacial score (nSPS) is 25.1. The van der Waals surface area contributed by atoms with E-state index in [2.05, 4.69) is 19.9 Å². The molecule has 1 aromatic rings. The smallest absolute Gasteiger partial charge is 0.0467 e. The average molecular weight is 187 g/mol. The van der Waals surface area contributed by atoms with Crippen LogP contribution in [0.2, 0.25) is 0 Å². The summed E-state index contributed by atoms with van der Waals surface area (Å²) in [5.74, 6) is 1.50. The molecule has 1 unspecified atom stereocenters. The Labute approximate surface area is 85.6 Å². The molecule has 0 aliphatic heterocycles. The quantitative estimate of drug-likeness (QED) is 0.657. The molecule has 2 aliphatic rings. The summed E-state index contributed by atoms with van der Waals surface area (Å²) in [6.45, 7) is 4.54. The summed E-state index contributed by atoms with van der Waals surface area (Å²) >= 11 is 0. The predicted molar refractivity (Wildman–Crippen MR) is 57.7 cm³/mol. The third kappa shape index (κ3) is 1.18. The van der Waals surface area contributed by atoms with E-state index in [1.807, 2.05) is 0 Å². The fraction of sp³-hybridized carbons (Fsp3) is 0.615. The van der Waals surface area contributed by atoms with Gasteiger partial charge in [-0.15, -0.1) is 0 Å². The highest BCUT2D eigenvalue weighted by molar-refractivity contribution is 5.37. The van der Waals surface area contributed by atoms with Gasteiger partial charge in [0.15, 0.2) is 0 Å². The van der Waals surface area contributed by atoms with Crippen LogP contribution in [0.25, 0.3) is 0 Å². The van der Waals surface area contributed by atoms with Crippen LogP contribution >= 0.6 is 0 Å². The molecule has 1 nitrogen and oxygen atoms in total. The number of aryl methyl sites for hydroxylation is 2. The third-order valence-electron chi connectivity index (χ3n) is 3.64. The first-order chi connectivity index (χ1) is 6.75. The number of rotatable bonds is 1. The van der Waals surface area contributed by atoms with E-state index in [9.17, 15) is 0 Å². The predicted octanol–water partition coefficient (Wildman–Crippen LogP) is 3.32. The van der Waals surface area contributed by atoms with Crippen LogP contribution in [0.1, 0.15) is 60.5 Å². The van der Waals surface area contributed by atoms with Gasteiger partial charge in [0.05, 0.1) is 0 Å². The standard InChI is InChI=1S/C13H17N/c1-8-3-4-11-7-9(2)13(10-5-6-10)14-12(8)11/h7-8,10H,3-6H2,1-2H3. The molecular formula is C13H17N. The highest BCUT2D eigenvalue weighted by atomic mass is 14.8. The highest BCUT2D eigenvalue weighted by Gasteiger charge is 2.29. The summed E-state index contributed by atoms with van der Waals surface area (Å²) in [6, 6.07) is 2.39. The minimum atomic E-state index is 0.697. The molecule has 0 radical (unpaired) electrons. The third-order valence-corrected chi connectivity index (χ3v) is 3.64. The minimum absolute atomic E-state index is 0.697. The highest BCUT2D eigenvalue weighted by Crippen LogP contribution is 2.42. The Bertz CT molecular complexity index is 376. The average Bonchev–Trinajstić information content (AvgIpc) is 2.93. The SMILES string of the molecule is Cc1cc2c(nc1C1CC1)C(C)CC2. The molecule has 1 saturated carbocycles. The van der Waals surface area contributed by atoms with E-state index >= 15 is 0 Å². The van der Waals surface area contributed by atoms with E-state index in [0.717, 1.165) is 5.92 Å². The zero-order valence-electron chi connectivity index (χ0n) is 9.01. The molecule has 2 aliphatic carbocycles. The molecule has 1 aromatic heterocycles. The van der Waals surface area contributed by atoms with Crippen LogP contribution in [-0.2, 0) is 6.42 Å². The van der Waals surface area contributed by atoms with Gasteiger partial charge in [0, 0.05) is 17.3 Å². The van der Waals surface area contributed by atoms with Crippen LogP contribution in [0, 0.1) is 6.92 Å². The lowest BCUT2D eigenvalue weighted by molar-refractivity contribution is 0.726. The first kappa shape index (κ1) is 8.46. The number of aromatic nitrogens is 1. The summed E-state index contributed by atoms with van der Waals surface area (Å²) in [4.78, 5) is 4.90. The molecule has 0 N–H and O–H groups in total. The second kappa shape index (κ2) is 2.82. The van der Waals surface area contributed by atoms with Crippen molar-refractivity contribution in [2.45, 2.75) is 51.4 Å². The number of pyridine rings is 1. The van der Waals surface area contributed by atoms with Crippen molar-refractivity contribution in [3.8, 4) is 0 Å². The fourth-order valence-electron chi connectivity index (χ4n) is 2.60. The molecule has 1 heterocycles. The van der Waals surface area contributed by atoms with Crippen molar-refractivity contribution in [1.29, 1.82) is 0 Å². The van der Waals surface area contributed by atoms with Gasteiger partial charge >= 0.3 is 0 Å². The minimum Gasteiger partial charge on any atom is -0.257 e. The second-order valence-electron chi connectivity index (χ2n) is 4.95. The van der Waals surface area contributed by atoms with Crippen molar-refractivity contribution >= 4 is 0 Å². The van der Waals surface area contributed by atoms with Gasteiger partial charge in [0.2, 0.25) is 0 Å². The molecule has 0 spiro atoms. The lowest BCUT2D eigenvalue weighted by Crippen LogP contribution is -1.99. The lowest BCUT2D eigenvalue weighted by Gasteiger charge is -2.09. The van der Waals surface area contributed by atoms with Crippen LogP contribution in [-0.4, -0.2) is 4.98 Å². The van der Waals surface area contributed by atoms with Crippen molar-refractivity contribution in [3.63, 3.8) is 0 Å². The largest absolute Gasteiger partial charge is 0.257 e. The van der Waals surface area contributed by atoms with Gasteiger partial charge in [-0.25, -0.2) is 0 Å². The Kier molecular flexibility index (Phi) is 1.70. The van der Waals surface area contributed by atoms with E-state index in [0.29, 0.717) is 5.92 Å². The molecule has 0 aromatic carbocycles. The van der Waals surface area contributed by atoms with Crippen LogP contribution in [0.5, 0.6) is 0 Å². The summed E-state index contributed by atoms with van der Waals surface area (Å²) in [6.07, 6.45) is 5.27. The maximum absolute atomic E-state index is 4.90. The van der Waals surface area contributed by atoms with E-state index in [1.165, 1.54) is 48.2 Å². The molecule has 0 saturated heterocycles. The molecule has 0 amide bonds. The van der Waals surface area contributed by atoms with Crippen LogP contribution in [0.4, 0.5) is 0 Å². The number of nitrogens with zero attached hydrogens (tertiary/aromatic N) is 1. The molecule has 74 valence electrons. The van der Waals surface area contributed by atoms with Crippen molar-refractivity contribution in [3.05, 3.63) is 28.6 Å². The van der Waals surface area contributed by atoms with E-state index in [-0.39, 0.29) is 0 Å². The van der Waals surface area contributed by atoms with Gasteiger partial charge in [0.1, 0.15) is 0 Å². The first-order valence-electron chi connectivity index (χ1n) is 5.76. The molecule has 3 rings (SSSR count). The maximum Gasteiger partial charge on any atom is 0.0467 e. The van der Waals surface area contributed by atoms with Gasteiger partial charge in [-0.05, 0) is 49.7 Å². The summed E-state index contributed by atoms with van der Waals surface area (Å²) < 4.78 is 0. The lowest BCUT2D eigenvalue weighted by atomic mass is 10.1. The van der Waals surface area contributed by atoms with E-state index < -0.39 is 0 Å². The topological polar surface area (TPSA) is 12.9 Å². The van der Waals surface area contributed by atoms with Crippen LogP contribution in [0.3, 0.4) is 0 Å². The Morgan fingerprint density at radius 2 is 2.00 bits per heavy atom. The van der Waals surface area contributed by atoms with E-state index in [4.69, 9.17) is 4.98 Å². The Balaban J connectivity index is 2.10. The van der Waals surface area contributed by atoms with E-state index in [1.54, 1.807) is 0 Å². The van der Waals surface area contributed by atoms with Crippen LogP contribution in [0.15, 0.2) is 6.07 Å². The van der Waals surface area contributed by atoms with Crippen molar-refractivity contribution in [2.24, 2.45) is 0 Å². The summed E-state index contributed by atoms with van der Waals surface area (Å²) in [7, 11) is 0. The van der Waals surface area contributed by atoms with Gasteiger partial charge in [-0.2, -0.15) is 0 Å². The number of hydrogen-bond acceptors (Lipinski definition) is 1. The monoisotopic (exact) mass is 187 g/mol. The molecule has 1 heteroatoms.